The molecule has 0 saturated heterocycles. The number of nitriles is 1. The third-order valence-electron chi connectivity index (χ3n) is 2.82. The average Bonchev–Trinajstić information content (AvgIpc) is 2.49. The molecule has 1 heterocycles. The van der Waals surface area contributed by atoms with Gasteiger partial charge in [0.1, 0.15) is 29.8 Å². The molecule has 0 amide bonds. The summed E-state index contributed by atoms with van der Waals surface area (Å²) in [6, 6.07) is 5.76. The van der Waals surface area contributed by atoms with Crippen LogP contribution in [0.5, 0.6) is 11.6 Å². The first-order valence-corrected chi connectivity index (χ1v) is 6.37. The zero-order chi connectivity index (χ0) is 15.2. The first kappa shape index (κ1) is 14.7. The average molecular weight is 287 g/mol. The minimum atomic E-state index is -0.640. The van der Waals surface area contributed by atoms with Crippen molar-refractivity contribution in [1.82, 2.24) is 9.97 Å². The summed E-state index contributed by atoms with van der Waals surface area (Å²) in [5.74, 6) is 5.81. The lowest BCUT2D eigenvalue weighted by molar-refractivity contribution is 0.450. The lowest BCUT2D eigenvalue weighted by Gasteiger charge is -2.12. The van der Waals surface area contributed by atoms with Crippen LogP contribution in [0.1, 0.15) is 24.5 Å². The van der Waals surface area contributed by atoms with Gasteiger partial charge in [0.15, 0.2) is 0 Å². The van der Waals surface area contributed by atoms with Gasteiger partial charge in [0.25, 0.3) is 0 Å². The maximum absolute atomic E-state index is 13.6. The van der Waals surface area contributed by atoms with Gasteiger partial charge in [-0.05, 0) is 18.6 Å². The number of nitrogens with two attached hydrogens (primary N) is 1. The van der Waals surface area contributed by atoms with Crippen molar-refractivity contribution < 1.29 is 9.13 Å². The van der Waals surface area contributed by atoms with Crippen molar-refractivity contribution >= 4 is 5.82 Å². The molecule has 0 aliphatic rings. The van der Waals surface area contributed by atoms with Gasteiger partial charge in [-0.1, -0.05) is 13.3 Å². The number of hydrogen-bond donors (Lipinski definition) is 2. The summed E-state index contributed by atoms with van der Waals surface area (Å²) in [6.07, 6.45) is 2.82. The molecule has 6 nitrogen and oxygen atoms in total. The van der Waals surface area contributed by atoms with Crippen molar-refractivity contribution in [2.45, 2.75) is 19.8 Å². The molecule has 2 rings (SSSR count). The second-order valence-electron chi connectivity index (χ2n) is 4.26. The van der Waals surface area contributed by atoms with Crippen LogP contribution in [-0.4, -0.2) is 9.97 Å². The second-order valence-corrected chi connectivity index (χ2v) is 4.26. The number of ether oxygens (including phenoxy) is 1. The Labute approximate surface area is 121 Å². The molecule has 0 fully saturated rings. The van der Waals surface area contributed by atoms with Crippen LogP contribution >= 0.6 is 0 Å². The van der Waals surface area contributed by atoms with Crippen LogP contribution in [0.2, 0.25) is 0 Å². The minimum Gasteiger partial charge on any atom is -0.438 e. The van der Waals surface area contributed by atoms with E-state index in [1.807, 2.05) is 6.92 Å². The van der Waals surface area contributed by atoms with E-state index >= 15 is 0 Å². The Bertz CT molecular complexity index is 684. The van der Waals surface area contributed by atoms with Crippen LogP contribution in [-0.2, 0) is 6.42 Å². The summed E-state index contributed by atoms with van der Waals surface area (Å²) in [5, 5.41) is 8.71. The zero-order valence-electron chi connectivity index (χ0n) is 11.4. The molecule has 3 N–H and O–H groups in total. The van der Waals surface area contributed by atoms with Crippen LogP contribution in [0.25, 0.3) is 0 Å². The van der Waals surface area contributed by atoms with Crippen LogP contribution in [0, 0.1) is 17.1 Å². The van der Waals surface area contributed by atoms with Gasteiger partial charge in [0, 0.05) is 6.07 Å². The van der Waals surface area contributed by atoms with E-state index in [4.69, 9.17) is 15.8 Å². The fourth-order valence-electron chi connectivity index (χ4n) is 1.85. The van der Waals surface area contributed by atoms with E-state index in [0.717, 1.165) is 12.5 Å². The number of hydrogen-bond acceptors (Lipinski definition) is 6. The molecule has 0 aliphatic heterocycles. The van der Waals surface area contributed by atoms with Gasteiger partial charge < -0.3 is 10.2 Å². The second kappa shape index (κ2) is 6.63. The fraction of sp³-hybridized carbons (Fsp3) is 0.214. The highest BCUT2D eigenvalue weighted by atomic mass is 19.1. The summed E-state index contributed by atoms with van der Waals surface area (Å²) in [6.45, 7) is 2.00. The number of aromatic nitrogens is 2. The molecule has 0 aliphatic carbocycles. The Morgan fingerprint density at radius 3 is 2.86 bits per heavy atom. The van der Waals surface area contributed by atoms with Crippen molar-refractivity contribution in [3.05, 3.63) is 41.5 Å². The van der Waals surface area contributed by atoms with E-state index in [2.05, 4.69) is 15.4 Å². The number of nitrogens with one attached hydrogen (secondary N) is 1. The smallest absolute Gasteiger partial charge is 0.227 e. The van der Waals surface area contributed by atoms with Crippen molar-refractivity contribution in [3.63, 3.8) is 0 Å². The molecule has 2 aromatic rings. The van der Waals surface area contributed by atoms with E-state index in [0.29, 0.717) is 23.7 Å². The molecule has 0 atom stereocenters. The van der Waals surface area contributed by atoms with Crippen molar-refractivity contribution in [2.75, 3.05) is 5.43 Å². The van der Waals surface area contributed by atoms with E-state index in [9.17, 15) is 4.39 Å². The molecule has 1 aromatic heterocycles. The normalized spacial score (nSPS) is 10.0. The maximum atomic E-state index is 13.6. The number of nitrogen functional groups attached to an aromatic ring is 1. The quantitative estimate of drug-likeness (QED) is 0.648. The number of rotatable bonds is 5. The van der Waals surface area contributed by atoms with Crippen molar-refractivity contribution in [2.24, 2.45) is 5.84 Å². The highest BCUT2D eigenvalue weighted by Crippen LogP contribution is 2.28. The Balaban J connectivity index is 2.35. The van der Waals surface area contributed by atoms with Gasteiger partial charge in [-0.15, -0.1) is 0 Å². The summed E-state index contributed by atoms with van der Waals surface area (Å²) in [7, 11) is 0. The van der Waals surface area contributed by atoms with E-state index in [-0.39, 0.29) is 11.3 Å². The Hall–Kier alpha value is -2.72. The van der Waals surface area contributed by atoms with Crippen LogP contribution < -0.4 is 16.0 Å². The first-order chi connectivity index (χ1) is 10.2. The van der Waals surface area contributed by atoms with Crippen molar-refractivity contribution in [1.29, 1.82) is 5.26 Å². The lowest BCUT2D eigenvalue weighted by Crippen LogP contribution is -2.12. The lowest BCUT2D eigenvalue weighted by atomic mass is 10.1. The predicted molar refractivity (Wildman–Crippen MR) is 75.0 cm³/mol. The van der Waals surface area contributed by atoms with Crippen LogP contribution in [0.4, 0.5) is 10.2 Å². The molecular formula is C14H14FN5O. The highest BCUT2D eigenvalue weighted by Gasteiger charge is 2.13. The van der Waals surface area contributed by atoms with Gasteiger partial charge in [-0.3, -0.25) is 0 Å². The highest BCUT2D eigenvalue weighted by molar-refractivity contribution is 5.49. The Kier molecular flexibility index (Phi) is 4.64. The molecule has 0 saturated carbocycles. The van der Waals surface area contributed by atoms with Gasteiger partial charge in [0.2, 0.25) is 5.88 Å². The zero-order valence-corrected chi connectivity index (χ0v) is 11.4. The Morgan fingerprint density at radius 1 is 1.43 bits per heavy atom. The van der Waals surface area contributed by atoms with Gasteiger partial charge in [0.05, 0.1) is 11.1 Å². The molecule has 0 bridgehead atoms. The number of hydrazine groups is 1. The van der Waals surface area contributed by atoms with Crippen molar-refractivity contribution in [3.8, 4) is 17.7 Å². The molecule has 1 aromatic carbocycles. The number of benzene rings is 1. The molecule has 21 heavy (non-hydrogen) atoms. The molecule has 0 spiro atoms. The number of halogens is 1. The standard InChI is InChI=1S/C14H14FN5O/c1-2-3-11-13(20-17)18-8-19-14(11)21-10-5-4-9(7-16)12(15)6-10/h4-6,8H,2-3,17H2,1H3,(H,18,19,20). The molecular weight excluding hydrogens is 273 g/mol. The predicted octanol–water partition coefficient (Wildman–Crippen LogP) is 2.52. The van der Waals surface area contributed by atoms with E-state index in [1.54, 1.807) is 6.07 Å². The third kappa shape index (κ3) is 3.24. The van der Waals surface area contributed by atoms with Gasteiger partial charge in [-0.25, -0.2) is 20.2 Å². The topological polar surface area (TPSA) is 96.8 Å². The van der Waals surface area contributed by atoms with E-state index in [1.165, 1.54) is 18.5 Å². The molecule has 7 heteroatoms. The molecule has 0 unspecified atom stereocenters. The maximum Gasteiger partial charge on any atom is 0.227 e. The Morgan fingerprint density at radius 2 is 2.24 bits per heavy atom. The summed E-state index contributed by atoms with van der Waals surface area (Å²) in [5.41, 5.74) is 3.16. The number of nitrogens with zero attached hydrogens (tertiary/aromatic N) is 3. The molecule has 108 valence electrons. The van der Waals surface area contributed by atoms with Gasteiger partial charge >= 0.3 is 0 Å². The van der Waals surface area contributed by atoms with Gasteiger partial charge in [-0.2, -0.15) is 5.26 Å². The minimum absolute atomic E-state index is 0.0388. The fourth-order valence-corrected chi connectivity index (χ4v) is 1.85. The van der Waals surface area contributed by atoms with Crippen LogP contribution in [0.3, 0.4) is 0 Å². The van der Waals surface area contributed by atoms with Crippen LogP contribution in [0.15, 0.2) is 24.5 Å². The molecule has 0 radical (unpaired) electrons. The van der Waals surface area contributed by atoms with E-state index < -0.39 is 5.82 Å². The largest absolute Gasteiger partial charge is 0.438 e. The summed E-state index contributed by atoms with van der Waals surface area (Å²) >= 11 is 0. The number of anilines is 1. The third-order valence-corrected chi connectivity index (χ3v) is 2.82. The summed E-state index contributed by atoms with van der Waals surface area (Å²) in [4.78, 5) is 8.08. The summed E-state index contributed by atoms with van der Waals surface area (Å²) < 4.78 is 19.2. The first-order valence-electron chi connectivity index (χ1n) is 6.37. The SMILES string of the molecule is CCCc1c(NN)ncnc1Oc1ccc(C#N)c(F)c1. The monoisotopic (exact) mass is 287 g/mol.